The predicted octanol–water partition coefficient (Wildman–Crippen LogP) is 4.52. The Hall–Kier alpha value is -2.80. The van der Waals surface area contributed by atoms with Gasteiger partial charge in [0.2, 0.25) is 11.5 Å². The van der Waals surface area contributed by atoms with Crippen molar-refractivity contribution in [2.45, 2.75) is 26.1 Å². The number of benzene rings is 2. The summed E-state index contributed by atoms with van der Waals surface area (Å²) in [6.07, 6.45) is -0.378. The highest BCUT2D eigenvalue weighted by Crippen LogP contribution is 2.53. The van der Waals surface area contributed by atoms with E-state index in [4.69, 9.17) is 28.4 Å². The molecule has 0 spiro atoms. The first kappa shape index (κ1) is 21.9. The van der Waals surface area contributed by atoms with Gasteiger partial charge in [0.25, 0.3) is 0 Å². The quantitative estimate of drug-likeness (QED) is 0.708. The van der Waals surface area contributed by atoms with Crippen molar-refractivity contribution in [3.05, 3.63) is 35.4 Å². The number of methoxy groups -OCH3 is 5. The summed E-state index contributed by atoms with van der Waals surface area (Å²) in [5.74, 6) is 2.82. The van der Waals surface area contributed by atoms with Crippen LogP contribution in [0.3, 0.4) is 0 Å². The summed E-state index contributed by atoms with van der Waals surface area (Å²) in [4.78, 5) is 0. The molecule has 1 fully saturated rings. The maximum absolute atomic E-state index is 10.2. The van der Waals surface area contributed by atoms with E-state index in [9.17, 15) is 5.11 Å². The normalized spacial score (nSPS) is 23.2. The minimum Gasteiger partial charge on any atom is -0.502 e. The van der Waals surface area contributed by atoms with Gasteiger partial charge in [0.1, 0.15) is 0 Å². The van der Waals surface area contributed by atoms with Crippen LogP contribution < -0.4 is 23.7 Å². The number of ether oxygens (including phenoxy) is 6. The molecule has 1 aliphatic rings. The first-order valence-electron chi connectivity index (χ1n) is 9.80. The maximum Gasteiger partial charge on any atom is 0.203 e. The first-order valence-corrected chi connectivity index (χ1v) is 9.80. The number of phenolic OH excluding ortho intramolecular Hbond substituents is 1. The van der Waals surface area contributed by atoms with Crippen molar-refractivity contribution in [2.24, 2.45) is 11.8 Å². The van der Waals surface area contributed by atoms with Crippen molar-refractivity contribution in [3.63, 3.8) is 0 Å². The Morgan fingerprint density at radius 3 is 1.33 bits per heavy atom. The van der Waals surface area contributed by atoms with Crippen LogP contribution in [0.15, 0.2) is 24.3 Å². The van der Waals surface area contributed by atoms with E-state index in [-0.39, 0.29) is 29.8 Å². The molecule has 1 heterocycles. The lowest BCUT2D eigenvalue weighted by atomic mass is 9.85. The molecule has 1 saturated heterocycles. The van der Waals surface area contributed by atoms with E-state index in [0.717, 1.165) is 11.1 Å². The smallest absolute Gasteiger partial charge is 0.203 e. The van der Waals surface area contributed by atoms with E-state index in [0.29, 0.717) is 28.7 Å². The molecule has 4 atom stereocenters. The molecule has 1 aliphatic heterocycles. The summed E-state index contributed by atoms with van der Waals surface area (Å²) < 4.78 is 33.6. The molecule has 0 aromatic heterocycles. The van der Waals surface area contributed by atoms with Gasteiger partial charge in [0, 0.05) is 0 Å². The molecule has 0 aliphatic carbocycles. The maximum atomic E-state index is 10.2. The fraction of sp³-hybridized carbons (Fsp3) is 0.478. The molecule has 164 valence electrons. The van der Waals surface area contributed by atoms with E-state index in [2.05, 4.69) is 13.8 Å². The average molecular weight is 418 g/mol. The van der Waals surface area contributed by atoms with Gasteiger partial charge in [-0.25, -0.2) is 0 Å². The Morgan fingerprint density at radius 1 is 0.633 bits per heavy atom. The van der Waals surface area contributed by atoms with Gasteiger partial charge >= 0.3 is 0 Å². The predicted molar refractivity (Wildman–Crippen MR) is 112 cm³/mol. The van der Waals surface area contributed by atoms with E-state index in [1.807, 2.05) is 12.1 Å². The molecule has 2 aromatic carbocycles. The third-order valence-corrected chi connectivity index (χ3v) is 5.92. The van der Waals surface area contributed by atoms with Crippen LogP contribution in [0, 0.1) is 11.8 Å². The third kappa shape index (κ3) is 3.69. The Balaban J connectivity index is 2.00. The minimum atomic E-state index is -0.201. The zero-order valence-electron chi connectivity index (χ0n) is 18.5. The van der Waals surface area contributed by atoms with Crippen molar-refractivity contribution in [3.8, 4) is 34.5 Å². The fourth-order valence-electron chi connectivity index (χ4n) is 4.07. The first-order chi connectivity index (χ1) is 14.4. The number of phenols is 1. The van der Waals surface area contributed by atoms with Crippen LogP contribution in [-0.4, -0.2) is 40.7 Å². The van der Waals surface area contributed by atoms with Crippen LogP contribution in [0.1, 0.15) is 37.2 Å². The van der Waals surface area contributed by atoms with Gasteiger partial charge in [0.15, 0.2) is 23.0 Å². The summed E-state index contributed by atoms with van der Waals surface area (Å²) in [6, 6.07) is 7.44. The molecule has 3 rings (SSSR count). The zero-order valence-corrected chi connectivity index (χ0v) is 18.5. The van der Waals surface area contributed by atoms with Gasteiger partial charge in [0.05, 0.1) is 47.8 Å². The van der Waals surface area contributed by atoms with Crippen molar-refractivity contribution in [2.75, 3.05) is 35.5 Å². The van der Waals surface area contributed by atoms with E-state index in [1.165, 1.54) is 14.2 Å². The van der Waals surface area contributed by atoms with Crippen LogP contribution in [-0.2, 0) is 4.74 Å². The molecule has 0 radical (unpaired) electrons. The van der Waals surface area contributed by atoms with Gasteiger partial charge in [-0.15, -0.1) is 0 Å². The molecule has 7 nitrogen and oxygen atoms in total. The summed E-state index contributed by atoms with van der Waals surface area (Å²) in [5, 5.41) is 10.2. The van der Waals surface area contributed by atoms with Gasteiger partial charge in [-0.2, -0.15) is 0 Å². The van der Waals surface area contributed by atoms with Crippen molar-refractivity contribution in [1.29, 1.82) is 0 Å². The lowest BCUT2D eigenvalue weighted by Crippen LogP contribution is -2.10. The molecule has 1 N–H and O–H groups in total. The lowest BCUT2D eigenvalue weighted by molar-refractivity contribution is 0.0285. The SMILES string of the molecule is COc1cc([C@@H]2O[C@H](c3cc(OC)c(OC)c(OC)c3)[C@@H](C)[C@H]2C)cc(OC)c1O. The third-order valence-electron chi connectivity index (χ3n) is 5.92. The highest BCUT2D eigenvalue weighted by molar-refractivity contribution is 5.55. The number of hydrogen-bond donors (Lipinski definition) is 1. The zero-order chi connectivity index (χ0) is 22.0. The highest BCUT2D eigenvalue weighted by Gasteiger charge is 2.41. The standard InChI is InChI=1S/C23H30O7/c1-12-13(2)22(15-10-18(27-5)23(29-7)19(11-15)28-6)30-21(12)14-8-16(25-3)20(24)17(9-14)26-4/h8-13,21-22,24H,1-7H3/t12-,13+,21-,22+/m1/s1. The molecule has 0 amide bonds. The number of rotatable bonds is 7. The molecular formula is C23H30O7. The highest BCUT2D eigenvalue weighted by atomic mass is 16.5. The van der Waals surface area contributed by atoms with Gasteiger partial charge in [-0.1, -0.05) is 13.8 Å². The van der Waals surface area contributed by atoms with E-state index >= 15 is 0 Å². The number of hydrogen-bond acceptors (Lipinski definition) is 7. The lowest BCUT2D eigenvalue weighted by Gasteiger charge is -2.20. The van der Waals surface area contributed by atoms with Crippen LogP contribution in [0.2, 0.25) is 0 Å². The molecule has 7 heteroatoms. The summed E-state index contributed by atoms with van der Waals surface area (Å²) in [6.45, 7) is 4.31. The van der Waals surface area contributed by atoms with Crippen LogP contribution in [0.4, 0.5) is 0 Å². The molecular weight excluding hydrogens is 388 g/mol. The van der Waals surface area contributed by atoms with Gasteiger partial charge in [-0.05, 0) is 47.2 Å². The van der Waals surface area contributed by atoms with E-state index < -0.39 is 0 Å². The van der Waals surface area contributed by atoms with Gasteiger partial charge < -0.3 is 33.5 Å². The fourth-order valence-corrected chi connectivity index (χ4v) is 4.07. The van der Waals surface area contributed by atoms with Crippen molar-refractivity contribution < 1.29 is 33.5 Å². The minimum absolute atomic E-state index is 0.0244. The molecule has 0 bridgehead atoms. The van der Waals surface area contributed by atoms with Crippen LogP contribution in [0.5, 0.6) is 34.5 Å². The average Bonchev–Trinajstić information content (AvgIpc) is 3.07. The second-order valence-corrected chi connectivity index (χ2v) is 7.43. The van der Waals surface area contributed by atoms with Crippen molar-refractivity contribution >= 4 is 0 Å². The second kappa shape index (κ2) is 8.92. The summed E-state index contributed by atoms with van der Waals surface area (Å²) in [7, 11) is 7.80. The Kier molecular flexibility index (Phi) is 6.51. The van der Waals surface area contributed by atoms with Crippen molar-refractivity contribution in [1.82, 2.24) is 0 Å². The molecule has 0 saturated carbocycles. The van der Waals surface area contributed by atoms with Crippen LogP contribution in [0.25, 0.3) is 0 Å². The van der Waals surface area contributed by atoms with Gasteiger partial charge in [-0.3, -0.25) is 0 Å². The topological polar surface area (TPSA) is 75.6 Å². The summed E-state index contributed by atoms with van der Waals surface area (Å²) in [5.41, 5.74) is 1.83. The Morgan fingerprint density at radius 2 is 1.00 bits per heavy atom. The molecule has 0 unspecified atom stereocenters. The molecule has 2 aromatic rings. The Bertz CT molecular complexity index is 845. The second-order valence-electron chi connectivity index (χ2n) is 7.43. The number of aromatic hydroxyl groups is 1. The summed E-state index contributed by atoms with van der Waals surface area (Å²) >= 11 is 0. The van der Waals surface area contributed by atoms with E-state index in [1.54, 1.807) is 33.5 Å². The molecule has 30 heavy (non-hydrogen) atoms. The largest absolute Gasteiger partial charge is 0.502 e. The monoisotopic (exact) mass is 418 g/mol. The van der Waals surface area contributed by atoms with Crippen LogP contribution >= 0.6 is 0 Å². The Labute approximate surface area is 177 Å².